The Balaban J connectivity index is 2.86. The maximum Gasteiger partial charge on any atom is 0.248 e. The minimum Gasteiger partial charge on any atom is -0.311 e. The summed E-state index contributed by atoms with van der Waals surface area (Å²) in [6.07, 6.45) is 0. The lowest BCUT2D eigenvalue weighted by atomic mass is 9.89. The Morgan fingerprint density at radius 2 is 2.17 bits per heavy atom. The Kier molecular flexibility index (Phi) is 2.54. The molecule has 2 heteroatoms. The van der Waals surface area contributed by atoms with Crippen molar-refractivity contribution < 1.29 is 0 Å². The summed E-state index contributed by atoms with van der Waals surface area (Å²) in [5.41, 5.74) is 1.56. The fourth-order valence-electron chi connectivity index (χ4n) is 0.935. The smallest absolute Gasteiger partial charge is 0.248 e. The molecule has 1 rings (SSSR count). The molecule has 0 aliphatic heterocycles. The van der Waals surface area contributed by atoms with Gasteiger partial charge in [-0.3, -0.25) is 0 Å². The predicted octanol–water partition coefficient (Wildman–Crippen LogP) is 3.46. The Hall–Kier alpha value is -0.810. The van der Waals surface area contributed by atoms with Crippen molar-refractivity contribution in [3.8, 4) is 0 Å². The summed E-state index contributed by atoms with van der Waals surface area (Å²) in [7, 11) is 0. The summed E-state index contributed by atoms with van der Waals surface area (Å²) >= 11 is 1.69. The van der Waals surface area contributed by atoms with Gasteiger partial charge in [0, 0.05) is 0 Å². The molecule has 0 bridgehead atoms. The van der Waals surface area contributed by atoms with E-state index in [0.29, 0.717) is 6.54 Å². The highest BCUT2D eigenvalue weighted by Gasteiger charge is 2.15. The topological polar surface area (TPSA) is 4.36 Å². The summed E-state index contributed by atoms with van der Waals surface area (Å²) in [5.74, 6) is 0. The number of hydrogen-bond donors (Lipinski definition) is 0. The Bertz CT molecular complexity index is 298. The lowest BCUT2D eigenvalue weighted by Crippen LogP contribution is -2.08. The monoisotopic (exact) mass is 179 g/mol. The van der Waals surface area contributed by atoms with Crippen LogP contribution < -0.4 is 0 Å². The van der Waals surface area contributed by atoms with Crippen LogP contribution >= 0.6 is 11.3 Å². The van der Waals surface area contributed by atoms with E-state index in [1.54, 1.807) is 11.3 Å². The fourth-order valence-corrected chi connectivity index (χ4v) is 1.97. The van der Waals surface area contributed by atoms with Gasteiger partial charge in [-0.15, -0.1) is 11.3 Å². The van der Waals surface area contributed by atoms with Gasteiger partial charge in [-0.1, -0.05) is 20.8 Å². The second kappa shape index (κ2) is 3.28. The fraction of sp³-hybridized carbons (Fsp3) is 0.500. The molecular weight excluding hydrogens is 166 g/mol. The molecule has 0 radical (unpaired) electrons. The average molecular weight is 179 g/mol. The molecule has 0 fully saturated rings. The molecule has 0 aliphatic carbocycles. The molecule has 1 nitrogen and oxygen atoms in total. The van der Waals surface area contributed by atoms with Crippen LogP contribution in [0.5, 0.6) is 0 Å². The van der Waals surface area contributed by atoms with Crippen LogP contribution in [0.4, 0.5) is 0 Å². The van der Waals surface area contributed by atoms with Crippen molar-refractivity contribution in [1.29, 1.82) is 0 Å². The van der Waals surface area contributed by atoms with Crippen molar-refractivity contribution in [3.05, 3.63) is 33.3 Å². The van der Waals surface area contributed by atoms with Gasteiger partial charge in [-0.05, 0) is 22.4 Å². The van der Waals surface area contributed by atoms with Crippen LogP contribution in [0.15, 0.2) is 11.4 Å². The Morgan fingerprint density at radius 1 is 1.50 bits per heavy atom. The van der Waals surface area contributed by atoms with Crippen molar-refractivity contribution in [2.24, 2.45) is 0 Å². The van der Waals surface area contributed by atoms with E-state index in [2.05, 4.69) is 37.1 Å². The van der Waals surface area contributed by atoms with Crippen LogP contribution in [0.3, 0.4) is 0 Å². The van der Waals surface area contributed by atoms with Gasteiger partial charge in [0.2, 0.25) is 6.54 Å². The summed E-state index contributed by atoms with van der Waals surface area (Å²) in [5, 5.41) is 2.15. The molecule has 0 unspecified atom stereocenters. The molecule has 1 aromatic heterocycles. The zero-order valence-electron chi connectivity index (χ0n) is 7.72. The van der Waals surface area contributed by atoms with E-state index in [0.717, 1.165) is 0 Å². The molecule has 0 saturated heterocycles. The molecule has 0 saturated carbocycles. The lowest BCUT2D eigenvalue weighted by Gasteiger charge is -2.15. The highest BCUT2D eigenvalue weighted by molar-refractivity contribution is 7.10. The quantitative estimate of drug-likeness (QED) is 0.581. The van der Waals surface area contributed by atoms with Crippen molar-refractivity contribution in [2.75, 3.05) is 0 Å². The van der Waals surface area contributed by atoms with Gasteiger partial charge in [0.15, 0.2) is 0 Å². The standard InChI is InChI=1S/C10H13NS/c1-10(2,3)8-5-9(6-11-4)12-7-8/h5,7H,6H2,1-3H3. The molecular formula is C10H13NS. The first-order chi connectivity index (χ1) is 5.54. The minimum atomic E-state index is 0.219. The van der Waals surface area contributed by atoms with E-state index in [1.165, 1.54) is 10.4 Å². The normalized spacial score (nSPS) is 11.2. The highest BCUT2D eigenvalue weighted by atomic mass is 32.1. The molecule has 12 heavy (non-hydrogen) atoms. The van der Waals surface area contributed by atoms with Gasteiger partial charge in [-0.2, -0.15) is 0 Å². The second-order valence-electron chi connectivity index (χ2n) is 3.87. The van der Waals surface area contributed by atoms with Gasteiger partial charge >= 0.3 is 0 Å². The first kappa shape index (κ1) is 9.28. The summed E-state index contributed by atoms with van der Waals surface area (Å²) in [6.45, 7) is 13.8. The molecule has 64 valence electrons. The number of hydrogen-bond acceptors (Lipinski definition) is 1. The van der Waals surface area contributed by atoms with Crippen molar-refractivity contribution >= 4 is 11.3 Å². The Labute approximate surface area is 77.9 Å². The third-order valence-corrected chi connectivity index (χ3v) is 2.68. The zero-order chi connectivity index (χ0) is 9.19. The molecule has 0 N–H and O–H groups in total. The van der Waals surface area contributed by atoms with Crippen LogP contribution in [-0.2, 0) is 12.0 Å². The highest BCUT2D eigenvalue weighted by Crippen LogP contribution is 2.27. The zero-order valence-corrected chi connectivity index (χ0v) is 8.53. The molecule has 1 aromatic rings. The third-order valence-electron chi connectivity index (χ3n) is 1.75. The number of nitrogens with zero attached hydrogens (tertiary/aromatic N) is 1. The summed E-state index contributed by atoms with van der Waals surface area (Å²) in [4.78, 5) is 4.54. The Morgan fingerprint density at radius 3 is 2.58 bits per heavy atom. The van der Waals surface area contributed by atoms with Gasteiger partial charge in [0.1, 0.15) is 0 Å². The number of thiophene rings is 1. The van der Waals surface area contributed by atoms with E-state index in [1.807, 2.05) is 0 Å². The summed E-state index contributed by atoms with van der Waals surface area (Å²) < 4.78 is 0. The van der Waals surface area contributed by atoms with Crippen LogP contribution in [-0.4, -0.2) is 0 Å². The largest absolute Gasteiger partial charge is 0.311 e. The minimum absolute atomic E-state index is 0.219. The maximum absolute atomic E-state index is 6.74. The number of rotatable bonds is 1. The van der Waals surface area contributed by atoms with E-state index in [-0.39, 0.29) is 5.41 Å². The van der Waals surface area contributed by atoms with Crippen molar-refractivity contribution in [2.45, 2.75) is 32.7 Å². The SMILES string of the molecule is [C-]#[N+]Cc1cc(C(C)(C)C)cs1. The third kappa shape index (κ3) is 2.09. The van der Waals surface area contributed by atoms with E-state index < -0.39 is 0 Å². The molecule has 0 aliphatic rings. The van der Waals surface area contributed by atoms with Gasteiger partial charge in [0.05, 0.1) is 4.88 Å². The van der Waals surface area contributed by atoms with Gasteiger partial charge < -0.3 is 4.85 Å². The predicted molar refractivity (Wildman–Crippen MR) is 53.3 cm³/mol. The molecule has 0 spiro atoms. The van der Waals surface area contributed by atoms with Gasteiger partial charge in [0.25, 0.3) is 0 Å². The first-order valence-corrected chi connectivity index (χ1v) is 4.83. The average Bonchev–Trinajstić information content (AvgIpc) is 2.35. The van der Waals surface area contributed by atoms with Crippen LogP contribution in [0, 0.1) is 6.57 Å². The molecule has 0 aromatic carbocycles. The van der Waals surface area contributed by atoms with E-state index >= 15 is 0 Å². The second-order valence-corrected chi connectivity index (χ2v) is 4.86. The van der Waals surface area contributed by atoms with E-state index in [9.17, 15) is 0 Å². The maximum atomic E-state index is 6.74. The molecule has 1 heterocycles. The summed E-state index contributed by atoms with van der Waals surface area (Å²) in [6, 6.07) is 2.14. The molecule has 0 atom stereocenters. The molecule has 0 amide bonds. The van der Waals surface area contributed by atoms with Crippen LogP contribution in [0.2, 0.25) is 0 Å². The van der Waals surface area contributed by atoms with Crippen molar-refractivity contribution in [3.63, 3.8) is 0 Å². The first-order valence-electron chi connectivity index (χ1n) is 3.95. The van der Waals surface area contributed by atoms with Gasteiger partial charge in [-0.25, -0.2) is 6.57 Å². The van der Waals surface area contributed by atoms with E-state index in [4.69, 9.17) is 6.57 Å². The van der Waals surface area contributed by atoms with Crippen LogP contribution in [0.25, 0.3) is 4.85 Å². The van der Waals surface area contributed by atoms with Crippen LogP contribution in [0.1, 0.15) is 31.2 Å². The lowest BCUT2D eigenvalue weighted by molar-refractivity contribution is 0.592. The van der Waals surface area contributed by atoms with Crippen molar-refractivity contribution in [1.82, 2.24) is 0 Å².